The molecule has 1 saturated heterocycles. The molecule has 5 heteroatoms. The summed E-state index contributed by atoms with van der Waals surface area (Å²) in [6.45, 7) is 1.29. The van der Waals surface area contributed by atoms with Crippen molar-refractivity contribution in [2.24, 2.45) is 0 Å². The van der Waals surface area contributed by atoms with Crippen LogP contribution in [0.4, 0.5) is 5.82 Å². The molecule has 106 valence electrons. The van der Waals surface area contributed by atoms with Gasteiger partial charge in [0, 0.05) is 24.8 Å². The predicted octanol–water partition coefficient (Wildman–Crippen LogP) is 1.89. The average molecular weight is 274 g/mol. The highest BCUT2D eigenvalue weighted by Crippen LogP contribution is 2.30. The van der Waals surface area contributed by atoms with Gasteiger partial charge in [0.2, 0.25) is 0 Å². The van der Waals surface area contributed by atoms with Crippen molar-refractivity contribution in [2.75, 3.05) is 25.1 Å². The molecular formula is C15H18N2O3. The van der Waals surface area contributed by atoms with Crippen LogP contribution in [0.2, 0.25) is 0 Å². The summed E-state index contributed by atoms with van der Waals surface area (Å²) in [5.74, 6) is 0.896. The number of aromatic nitrogens is 1. The molecule has 5 nitrogen and oxygen atoms in total. The molecule has 0 radical (unpaired) electrons. The Kier molecular flexibility index (Phi) is 3.46. The number of nitrogens with zero attached hydrogens (tertiary/aromatic N) is 1. The first-order chi connectivity index (χ1) is 9.72. The molecule has 2 aromatic rings. The van der Waals surface area contributed by atoms with Gasteiger partial charge in [-0.1, -0.05) is 6.07 Å². The fourth-order valence-corrected chi connectivity index (χ4v) is 2.59. The van der Waals surface area contributed by atoms with Crippen molar-refractivity contribution in [3.63, 3.8) is 0 Å². The minimum atomic E-state index is -0.398. The zero-order chi connectivity index (χ0) is 14.0. The second-order valence-electron chi connectivity index (χ2n) is 5.24. The minimum absolute atomic E-state index is 0.0350. The van der Waals surface area contributed by atoms with E-state index in [9.17, 15) is 10.2 Å². The van der Waals surface area contributed by atoms with Crippen molar-refractivity contribution in [3.8, 4) is 5.75 Å². The van der Waals surface area contributed by atoms with Gasteiger partial charge in [0.25, 0.3) is 0 Å². The summed E-state index contributed by atoms with van der Waals surface area (Å²) in [5.41, 5.74) is -0.398. The van der Waals surface area contributed by atoms with Crippen LogP contribution in [0.3, 0.4) is 0 Å². The minimum Gasteiger partial charge on any atom is -0.508 e. The molecule has 0 atom stereocenters. The highest BCUT2D eigenvalue weighted by molar-refractivity contribution is 5.92. The number of aromatic hydroxyl groups is 1. The van der Waals surface area contributed by atoms with E-state index in [4.69, 9.17) is 4.74 Å². The van der Waals surface area contributed by atoms with Crippen LogP contribution in [-0.4, -0.2) is 40.6 Å². The zero-order valence-corrected chi connectivity index (χ0v) is 11.2. The number of aliphatic hydroxyl groups excluding tert-OH is 1. The van der Waals surface area contributed by atoms with E-state index in [-0.39, 0.29) is 12.4 Å². The van der Waals surface area contributed by atoms with Gasteiger partial charge < -0.3 is 20.3 Å². The van der Waals surface area contributed by atoms with E-state index >= 15 is 0 Å². The first-order valence-electron chi connectivity index (χ1n) is 6.77. The number of aliphatic hydroxyl groups is 1. The van der Waals surface area contributed by atoms with E-state index in [1.807, 2.05) is 12.1 Å². The first-order valence-corrected chi connectivity index (χ1v) is 6.77. The zero-order valence-electron chi connectivity index (χ0n) is 11.2. The van der Waals surface area contributed by atoms with Gasteiger partial charge in [-0.15, -0.1) is 0 Å². The number of hydrogen-bond acceptors (Lipinski definition) is 5. The molecule has 3 N–H and O–H groups in total. The summed E-state index contributed by atoms with van der Waals surface area (Å²) < 4.78 is 5.36. The van der Waals surface area contributed by atoms with Gasteiger partial charge in [0.15, 0.2) is 0 Å². The third kappa shape index (κ3) is 2.42. The normalized spacial score (nSPS) is 18.1. The molecule has 0 unspecified atom stereocenters. The Labute approximate surface area is 117 Å². The maximum atomic E-state index is 9.73. The largest absolute Gasteiger partial charge is 0.508 e. The Balaban J connectivity index is 1.99. The Morgan fingerprint density at radius 2 is 2.05 bits per heavy atom. The molecule has 3 rings (SSSR count). The Morgan fingerprint density at radius 1 is 1.25 bits per heavy atom. The molecule has 1 fully saturated rings. The lowest BCUT2D eigenvalue weighted by atomic mass is 9.90. The number of nitrogens with one attached hydrogen (secondary N) is 1. The molecule has 2 heterocycles. The number of fused-ring (bicyclic) bond motifs is 1. The lowest BCUT2D eigenvalue weighted by Gasteiger charge is -2.37. The van der Waals surface area contributed by atoms with Gasteiger partial charge in [-0.3, -0.25) is 0 Å². The first kappa shape index (κ1) is 13.1. The van der Waals surface area contributed by atoms with E-state index in [1.54, 1.807) is 18.3 Å². The molecule has 0 spiro atoms. The van der Waals surface area contributed by atoms with Crippen LogP contribution in [0.5, 0.6) is 5.75 Å². The maximum absolute atomic E-state index is 9.73. The summed E-state index contributed by atoms with van der Waals surface area (Å²) in [6, 6.07) is 7.10. The van der Waals surface area contributed by atoms with Crippen LogP contribution in [0.1, 0.15) is 12.8 Å². The van der Waals surface area contributed by atoms with Gasteiger partial charge in [-0.05, 0) is 36.4 Å². The fraction of sp³-hybridized carbons (Fsp3) is 0.400. The van der Waals surface area contributed by atoms with Crippen LogP contribution >= 0.6 is 0 Å². The summed E-state index contributed by atoms with van der Waals surface area (Å²) in [7, 11) is 0. The number of hydrogen-bond donors (Lipinski definition) is 3. The quantitative estimate of drug-likeness (QED) is 0.797. The molecule has 20 heavy (non-hydrogen) atoms. The van der Waals surface area contributed by atoms with Crippen LogP contribution in [0.15, 0.2) is 30.5 Å². The van der Waals surface area contributed by atoms with Gasteiger partial charge >= 0.3 is 0 Å². The Morgan fingerprint density at radius 3 is 2.80 bits per heavy atom. The maximum Gasteiger partial charge on any atom is 0.134 e. The average Bonchev–Trinajstić information content (AvgIpc) is 2.49. The molecule has 0 saturated carbocycles. The van der Waals surface area contributed by atoms with Crippen LogP contribution in [-0.2, 0) is 4.74 Å². The monoisotopic (exact) mass is 274 g/mol. The van der Waals surface area contributed by atoms with Crippen LogP contribution in [0.25, 0.3) is 10.8 Å². The Hall–Kier alpha value is -1.85. The van der Waals surface area contributed by atoms with Gasteiger partial charge in [-0.2, -0.15) is 0 Å². The molecule has 1 aliphatic rings. The SMILES string of the molecule is OCC1(Nc2nccc3ccc(O)cc23)CCOCC1. The molecule has 1 aromatic carbocycles. The van der Waals surface area contributed by atoms with Gasteiger partial charge in [0.05, 0.1) is 12.1 Å². The number of phenolic OH excluding ortho intramolecular Hbond substituents is 1. The lowest BCUT2D eigenvalue weighted by molar-refractivity contribution is 0.0379. The second-order valence-corrected chi connectivity index (χ2v) is 5.24. The molecule has 0 amide bonds. The third-order valence-electron chi connectivity index (χ3n) is 3.89. The molecular weight excluding hydrogens is 256 g/mol. The van der Waals surface area contributed by atoms with E-state index in [1.165, 1.54) is 0 Å². The second kappa shape index (κ2) is 5.26. The summed E-state index contributed by atoms with van der Waals surface area (Å²) >= 11 is 0. The van der Waals surface area contributed by atoms with Crippen molar-refractivity contribution in [1.82, 2.24) is 4.98 Å². The van der Waals surface area contributed by atoms with Crippen molar-refractivity contribution in [1.29, 1.82) is 0 Å². The lowest BCUT2D eigenvalue weighted by Crippen LogP contribution is -2.47. The van der Waals surface area contributed by atoms with E-state index in [0.717, 1.165) is 23.6 Å². The van der Waals surface area contributed by atoms with Crippen LogP contribution in [0, 0.1) is 0 Å². The number of benzene rings is 1. The number of anilines is 1. The van der Waals surface area contributed by atoms with Gasteiger partial charge in [0.1, 0.15) is 11.6 Å². The topological polar surface area (TPSA) is 74.6 Å². The van der Waals surface area contributed by atoms with Crippen molar-refractivity contribution in [3.05, 3.63) is 30.5 Å². The van der Waals surface area contributed by atoms with Crippen LogP contribution < -0.4 is 5.32 Å². The van der Waals surface area contributed by atoms with Crippen molar-refractivity contribution < 1.29 is 14.9 Å². The Bertz CT molecular complexity index is 609. The molecule has 0 aliphatic carbocycles. The smallest absolute Gasteiger partial charge is 0.134 e. The number of ether oxygens (including phenoxy) is 1. The third-order valence-corrected chi connectivity index (χ3v) is 3.89. The van der Waals surface area contributed by atoms with E-state index in [0.29, 0.717) is 19.0 Å². The predicted molar refractivity (Wildman–Crippen MR) is 76.9 cm³/mol. The summed E-state index contributed by atoms with van der Waals surface area (Å²) in [6.07, 6.45) is 3.20. The van der Waals surface area contributed by atoms with Crippen molar-refractivity contribution in [2.45, 2.75) is 18.4 Å². The number of rotatable bonds is 3. The molecule has 1 aliphatic heterocycles. The van der Waals surface area contributed by atoms with Gasteiger partial charge in [-0.25, -0.2) is 4.98 Å². The standard InChI is InChI=1S/C15H18N2O3/c18-10-15(4-7-20-8-5-15)17-14-13-9-12(19)2-1-11(13)3-6-16-14/h1-3,6,9,18-19H,4-5,7-8,10H2,(H,16,17). The number of phenols is 1. The molecule has 0 bridgehead atoms. The van der Waals surface area contributed by atoms with Crippen molar-refractivity contribution >= 4 is 16.6 Å². The van der Waals surface area contributed by atoms with E-state index in [2.05, 4.69) is 10.3 Å². The summed E-state index contributed by atoms with van der Waals surface area (Å²) in [4.78, 5) is 4.36. The summed E-state index contributed by atoms with van der Waals surface area (Å²) in [5, 5.41) is 24.6. The highest BCUT2D eigenvalue weighted by Gasteiger charge is 2.32. The fourth-order valence-electron chi connectivity index (χ4n) is 2.59. The highest BCUT2D eigenvalue weighted by atomic mass is 16.5. The van der Waals surface area contributed by atoms with E-state index < -0.39 is 5.54 Å². The molecule has 1 aromatic heterocycles. The number of pyridine rings is 1.